The molecule has 178 valence electrons. The molecule has 1 fully saturated rings. The maximum atomic E-state index is 12.6. The Balaban J connectivity index is 1.67. The highest BCUT2D eigenvalue weighted by molar-refractivity contribution is 5.97. The molecule has 0 bridgehead atoms. The molecular formula is C24H38N4O4. The summed E-state index contributed by atoms with van der Waals surface area (Å²) < 4.78 is 11.5. The first kappa shape index (κ1) is 24.5. The molecule has 0 spiro atoms. The quantitative estimate of drug-likeness (QED) is 0.159. The molecule has 8 heteroatoms. The van der Waals surface area contributed by atoms with Crippen molar-refractivity contribution in [3.63, 3.8) is 0 Å². The Morgan fingerprint density at radius 1 is 1.34 bits per heavy atom. The summed E-state index contributed by atoms with van der Waals surface area (Å²) in [6.07, 6.45) is 6.27. The standard InChI is InChI=1S/C24H38N4O4/c1-4-5-14-30-22(29)24(3,32-27)20-9-7-16-15-17(6-8-19(16)31-20)21(26)28-23(2)12-10-18(25)11-13-23/h6,8,15,18,20H,4-5,7,9-14,25,27H2,1-3H3,(H2,26,28)/t18-,20-,23-,24+/m1/s1. The Hall–Kier alpha value is -2.16. The maximum absolute atomic E-state index is 12.6. The molecule has 0 saturated heterocycles. The lowest BCUT2D eigenvalue weighted by atomic mass is 9.81. The molecule has 1 aromatic carbocycles. The zero-order valence-corrected chi connectivity index (χ0v) is 19.5. The number of ether oxygens (including phenoxy) is 2. The summed E-state index contributed by atoms with van der Waals surface area (Å²) in [7, 11) is 0. The van der Waals surface area contributed by atoms with Gasteiger partial charge in [0, 0.05) is 17.1 Å². The average molecular weight is 447 g/mol. The average Bonchev–Trinajstić information content (AvgIpc) is 2.80. The number of aryl methyl sites for hydroxylation is 1. The van der Waals surface area contributed by atoms with Crippen LogP contribution in [0.5, 0.6) is 5.75 Å². The maximum Gasteiger partial charge on any atom is 0.344 e. The zero-order valence-electron chi connectivity index (χ0n) is 19.5. The second kappa shape index (κ2) is 10.2. The smallest absolute Gasteiger partial charge is 0.344 e. The number of fused-ring (bicyclic) bond motifs is 1. The largest absolute Gasteiger partial charge is 0.486 e. The Kier molecular flexibility index (Phi) is 7.79. The van der Waals surface area contributed by atoms with E-state index in [2.05, 4.69) is 12.2 Å². The van der Waals surface area contributed by atoms with E-state index in [9.17, 15) is 4.79 Å². The lowest BCUT2D eigenvalue weighted by Crippen LogP contribution is -2.55. The van der Waals surface area contributed by atoms with Crippen LogP contribution >= 0.6 is 0 Å². The molecule has 6 N–H and O–H groups in total. The van der Waals surface area contributed by atoms with E-state index in [-0.39, 0.29) is 11.6 Å². The van der Waals surface area contributed by atoms with Gasteiger partial charge in [-0.1, -0.05) is 13.3 Å². The molecule has 0 aromatic heterocycles. The highest BCUT2D eigenvalue weighted by atomic mass is 16.7. The van der Waals surface area contributed by atoms with Gasteiger partial charge in [-0.3, -0.25) is 10.2 Å². The second-order valence-electron chi connectivity index (χ2n) is 9.58. The molecule has 1 aliphatic heterocycles. The van der Waals surface area contributed by atoms with E-state index in [0.717, 1.165) is 49.7 Å². The summed E-state index contributed by atoms with van der Waals surface area (Å²) in [5, 5.41) is 12.0. The van der Waals surface area contributed by atoms with Crippen molar-refractivity contribution in [3.8, 4) is 5.75 Å². The van der Waals surface area contributed by atoms with Crippen LogP contribution in [0.3, 0.4) is 0 Å². The predicted molar refractivity (Wildman–Crippen MR) is 124 cm³/mol. The van der Waals surface area contributed by atoms with Crippen LogP contribution in [-0.4, -0.2) is 41.7 Å². The van der Waals surface area contributed by atoms with Crippen molar-refractivity contribution in [2.75, 3.05) is 6.61 Å². The number of nitrogens with two attached hydrogens (primary N) is 2. The molecule has 1 heterocycles. The number of nitrogens with one attached hydrogen (secondary N) is 2. The Bertz CT molecular complexity index is 822. The Morgan fingerprint density at radius 3 is 2.72 bits per heavy atom. The minimum atomic E-state index is -1.38. The molecule has 3 rings (SSSR count). The number of rotatable bonds is 8. The molecule has 1 aliphatic carbocycles. The number of carbonyl (C=O) groups is 1. The molecule has 2 atom stereocenters. The van der Waals surface area contributed by atoms with Gasteiger partial charge >= 0.3 is 5.97 Å². The fraction of sp³-hybridized carbons (Fsp3) is 0.667. The number of unbranched alkanes of at least 4 members (excludes halogenated alkanes) is 1. The summed E-state index contributed by atoms with van der Waals surface area (Å²) in [4.78, 5) is 17.7. The van der Waals surface area contributed by atoms with Crippen molar-refractivity contribution in [2.24, 2.45) is 11.6 Å². The number of hydrogen-bond donors (Lipinski definition) is 4. The lowest BCUT2D eigenvalue weighted by molar-refractivity contribution is -0.185. The molecule has 8 nitrogen and oxygen atoms in total. The molecule has 2 aliphatic rings. The van der Waals surface area contributed by atoms with Crippen molar-refractivity contribution in [1.29, 1.82) is 5.41 Å². The predicted octanol–water partition coefficient (Wildman–Crippen LogP) is 2.95. The van der Waals surface area contributed by atoms with Crippen molar-refractivity contribution < 1.29 is 19.1 Å². The van der Waals surface area contributed by atoms with Crippen LogP contribution < -0.4 is 21.7 Å². The summed E-state index contributed by atoms with van der Waals surface area (Å²) in [5.74, 6) is 6.09. The molecule has 0 unspecified atom stereocenters. The lowest BCUT2D eigenvalue weighted by Gasteiger charge is -2.38. The van der Waals surface area contributed by atoms with Crippen molar-refractivity contribution in [1.82, 2.24) is 5.32 Å². The van der Waals surface area contributed by atoms with E-state index in [1.54, 1.807) is 6.92 Å². The van der Waals surface area contributed by atoms with Gasteiger partial charge in [-0.15, -0.1) is 0 Å². The summed E-state index contributed by atoms with van der Waals surface area (Å²) >= 11 is 0. The summed E-state index contributed by atoms with van der Waals surface area (Å²) in [6.45, 7) is 6.14. The van der Waals surface area contributed by atoms with Crippen LogP contribution in [-0.2, 0) is 20.8 Å². The number of carbonyl (C=O) groups excluding carboxylic acids is 1. The minimum absolute atomic E-state index is 0.108. The number of hydrogen-bond acceptors (Lipinski definition) is 7. The highest BCUT2D eigenvalue weighted by Gasteiger charge is 2.47. The minimum Gasteiger partial charge on any atom is -0.486 e. The second-order valence-corrected chi connectivity index (χ2v) is 9.58. The summed E-state index contributed by atoms with van der Waals surface area (Å²) in [6, 6.07) is 5.97. The van der Waals surface area contributed by atoms with Gasteiger partial charge in [0.05, 0.1) is 6.61 Å². The third kappa shape index (κ3) is 5.42. The van der Waals surface area contributed by atoms with Gasteiger partial charge in [-0.25, -0.2) is 10.7 Å². The summed E-state index contributed by atoms with van der Waals surface area (Å²) in [5.41, 5.74) is 6.36. The van der Waals surface area contributed by atoms with Crippen LogP contribution in [0.15, 0.2) is 18.2 Å². The molecule has 0 amide bonds. The van der Waals surface area contributed by atoms with Gasteiger partial charge in [0.25, 0.3) is 0 Å². The van der Waals surface area contributed by atoms with Crippen LogP contribution in [0, 0.1) is 5.41 Å². The van der Waals surface area contributed by atoms with E-state index < -0.39 is 17.7 Å². The van der Waals surface area contributed by atoms with Gasteiger partial charge in [-0.2, -0.15) is 0 Å². The van der Waals surface area contributed by atoms with Crippen LogP contribution in [0.2, 0.25) is 0 Å². The number of benzene rings is 1. The monoisotopic (exact) mass is 446 g/mol. The Morgan fingerprint density at radius 2 is 2.06 bits per heavy atom. The van der Waals surface area contributed by atoms with Gasteiger partial charge in [0.15, 0.2) is 0 Å². The number of amidine groups is 1. The first-order chi connectivity index (χ1) is 15.2. The third-order valence-electron chi connectivity index (χ3n) is 6.85. The van der Waals surface area contributed by atoms with Gasteiger partial charge < -0.3 is 20.5 Å². The zero-order chi connectivity index (χ0) is 23.4. The third-order valence-corrected chi connectivity index (χ3v) is 6.85. The fourth-order valence-corrected chi connectivity index (χ4v) is 4.42. The van der Waals surface area contributed by atoms with Crippen LogP contribution in [0.25, 0.3) is 0 Å². The van der Waals surface area contributed by atoms with Crippen molar-refractivity contribution in [3.05, 3.63) is 29.3 Å². The topological polar surface area (TPSA) is 133 Å². The SMILES string of the molecule is CCCCOC(=O)[C@@](C)(ON)[C@H]1CCc2cc(C(=N)N[C@]3(C)CC[C@@H](N)CC3)ccc2O1. The molecular weight excluding hydrogens is 408 g/mol. The van der Waals surface area contributed by atoms with Gasteiger partial charge in [0.1, 0.15) is 17.7 Å². The molecule has 0 radical (unpaired) electrons. The van der Waals surface area contributed by atoms with E-state index >= 15 is 0 Å². The van der Waals surface area contributed by atoms with Crippen LogP contribution in [0.1, 0.15) is 76.8 Å². The van der Waals surface area contributed by atoms with E-state index in [1.165, 1.54) is 0 Å². The van der Waals surface area contributed by atoms with Crippen molar-refractivity contribution >= 4 is 11.8 Å². The Labute approximate surface area is 190 Å². The van der Waals surface area contributed by atoms with Crippen molar-refractivity contribution in [2.45, 2.75) is 95.4 Å². The highest BCUT2D eigenvalue weighted by Crippen LogP contribution is 2.34. The first-order valence-corrected chi connectivity index (χ1v) is 11.7. The molecule has 1 aromatic rings. The number of esters is 1. The fourth-order valence-electron chi connectivity index (χ4n) is 4.42. The molecule has 1 saturated carbocycles. The van der Waals surface area contributed by atoms with E-state index in [4.69, 9.17) is 31.4 Å². The van der Waals surface area contributed by atoms with Gasteiger partial charge in [0.2, 0.25) is 5.60 Å². The van der Waals surface area contributed by atoms with Gasteiger partial charge in [-0.05, 0) is 82.6 Å². The van der Waals surface area contributed by atoms with Crippen LogP contribution in [0.4, 0.5) is 0 Å². The van der Waals surface area contributed by atoms with E-state index in [1.807, 2.05) is 25.1 Å². The normalized spacial score (nSPS) is 26.9. The molecule has 32 heavy (non-hydrogen) atoms. The first-order valence-electron chi connectivity index (χ1n) is 11.7. The van der Waals surface area contributed by atoms with E-state index in [0.29, 0.717) is 31.0 Å².